The van der Waals surface area contributed by atoms with Crippen LogP contribution >= 0.6 is 0 Å². The second kappa shape index (κ2) is 8.99. The number of hydrogen-bond acceptors (Lipinski definition) is 4. The van der Waals surface area contributed by atoms with Gasteiger partial charge in [0.15, 0.2) is 0 Å². The van der Waals surface area contributed by atoms with Gasteiger partial charge in [0.05, 0.1) is 18.2 Å². The van der Waals surface area contributed by atoms with Crippen molar-refractivity contribution in [3.8, 4) is 16.9 Å². The molecule has 0 radical (unpaired) electrons. The molecule has 3 aromatic carbocycles. The zero-order valence-corrected chi connectivity index (χ0v) is 17.4. The van der Waals surface area contributed by atoms with Crippen LogP contribution in [0.3, 0.4) is 0 Å². The third-order valence-corrected chi connectivity index (χ3v) is 5.25. The fourth-order valence-electron chi connectivity index (χ4n) is 3.77. The average molecular weight is 455 g/mol. The Hall–Kier alpha value is -3.78. The Morgan fingerprint density at radius 1 is 1.03 bits per heavy atom. The lowest BCUT2D eigenvalue weighted by Gasteiger charge is -2.17. The monoisotopic (exact) mass is 455 g/mol. The number of furan rings is 1. The Morgan fingerprint density at radius 3 is 2.55 bits per heavy atom. The van der Waals surface area contributed by atoms with Crippen molar-refractivity contribution in [2.24, 2.45) is 5.73 Å². The zero-order chi connectivity index (χ0) is 23.6. The van der Waals surface area contributed by atoms with Crippen LogP contribution in [-0.2, 0) is 30.5 Å². The van der Waals surface area contributed by atoms with Crippen molar-refractivity contribution in [2.75, 3.05) is 0 Å². The largest absolute Gasteiger partial charge is 0.489 e. The van der Waals surface area contributed by atoms with Gasteiger partial charge in [-0.2, -0.15) is 13.2 Å². The van der Waals surface area contributed by atoms with E-state index in [1.54, 1.807) is 12.3 Å². The summed E-state index contributed by atoms with van der Waals surface area (Å²) in [5, 5.41) is 9.93. The summed E-state index contributed by atoms with van der Waals surface area (Å²) in [6.07, 6.45) is -3.94. The molecule has 0 spiro atoms. The molecule has 170 valence electrons. The standard InChI is InChI=1S/C25H20F3NO4/c26-25(27,28)21-5-2-6-22(20(21)12-23(30)31)33-14-16-10-18-7-8-32-24(18)19(11-16)17-4-1-3-15(9-17)13-29/h1-11H,12-14,29H2,(H,30,31). The molecule has 0 saturated carbocycles. The molecule has 0 aliphatic carbocycles. The van der Waals surface area contributed by atoms with Crippen LogP contribution < -0.4 is 10.5 Å². The Labute approximate surface area is 187 Å². The lowest BCUT2D eigenvalue weighted by molar-refractivity contribution is -0.139. The lowest BCUT2D eigenvalue weighted by atomic mass is 9.99. The summed E-state index contributed by atoms with van der Waals surface area (Å²) in [5.41, 5.74) is 8.30. The molecule has 0 atom stereocenters. The molecule has 3 N–H and O–H groups in total. The summed E-state index contributed by atoms with van der Waals surface area (Å²) in [6.45, 7) is 0.318. The van der Waals surface area contributed by atoms with Crippen molar-refractivity contribution in [1.82, 2.24) is 0 Å². The normalized spacial score (nSPS) is 11.6. The zero-order valence-electron chi connectivity index (χ0n) is 17.4. The van der Waals surface area contributed by atoms with Gasteiger partial charge in [0.2, 0.25) is 0 Å². The molecule has 0 fully saturated rings. The highest BCUT2D eigenvalue weighted by atomic mass is 19.4. The van der Waals surface area contributed by atoms with E-state index in [-0.39, 0.29) is 12.4 Å². The van der Waals surface area contributed by atoms with Gasteiger partial charge < -0.3 is 20.0 Å². The van der Waals surface area contributed by atoms with Gasteiger partial charge in [0.25, 0.3) is 0 Å². The minimum absolute atomic E-state index is 0.0569. The molecular formula is C25H20F3NO4. The first-order valence-electron chi connectivity index (χ1n) is 10.1. The van der Waals surface area contributed by atoms with E-state index in [0.717, 1.165) is 28.1 Å². The predicted octanol–water partition coefficient (Wildman–Crippen LogP) is 5.78. The maximum Gasteiger partial charge on any atom is 0.416 e. The van der Waals surface area contributed by atoms with Crippen LogP contribution in [0.1, 0.15) is 22.3 Å². The first-order valence-corrected chi connectivity index (χ1v) is 10.1. The van der Waals surface area contributed by atoms with E-state index in [0.29, 0.717) is 17.7 Å². The van der Waals surface area contributed by atoms with E-state index in [1.807, 2.05) is 36.4 Å². The number of carboxylic acids is 1. The molecule has 5 nitrogen and oxygen atoms in total. The molecule has 0 bridgehead atoms. The number of carbonyl (C=O) groups is 1. The van der Waals surface area contributed by atoms with Crippen molar-refractivity contribution >= 4 is 16.9 Å². The van der Waals surface area contributed by atoms with Crippen molar-refractivity contribution in [2.45, 2.75) is 25.7 Å². The average Bonchev–Trinajstić information content (AvgIpc) is 3.25. The molecule has 4 aromatic rings. The lowest BCUT2D eigenvalue weighted by Crippen LogP contribution is -2.14. The van der Waals surface area contributed by atoms with E-state index in [1.165, 1.54) is 12.1 Å². The molecule has 4 rings (SSSR count). The number of aliphatic carboxylic acids is 1. The van der Waals surface area contributed by atoms with E-state index in [2.05, 4.69) is 0 Å². The number of carboxylic acid groups (broad SMARTS) is 1. The Balaban J connectivity index is 1.71. The van der Waals surface area contributed by atoms with Gasteiger partial charge in [-0.1, -0.05) is 24.3 Å². The third kappa shape index (κ3) is 4.85. The molecule has 1 aromatic heterocycles. The van der Waals surface area contributed by atoms with Crippen molar-refractivity contribution in [1.29, 1.82) is 0 Å². The highest BCUT2D eigenvalue weighted by Gasteiger charge is 2.35. The number of hydrogen-bond donors (Lipinski definition) is 2. The van der Waals surface area contributed by atoms with Crippen LogP contribution in [0.25, 0.3) is 22.1 Å². The van der Waals surface area contributed by atoms with E-state index in [9.17, 15) is 18.0 Å². The molecular weight excluding hydrogens is 435 g/mol. The van der Waals surface area contributed by atoms with Gasteiger partial charge in [0, 0.05) is 23.1 Å². The summed E-state index contributed by atoms with van der Waals surface area (Å²) in [7, 11) is 0. The Morgan fingerprint density at radius 2 is 1.82 bits per heavy atom. The molecule has 33 heavy (non-hydrogen) atoms. The first kappa shape index (κ1) is 22.4. The van der Waals surface area contributed by atoms with Crippen molar-refractivity contribution in [3.63, 3.8) is 0 Å². The Kier molecular flexibility index (Phi) is 6.11. The minimum atomic E-state index is -4.69. The van der Waals surface area contributed by atoms with Crippen LogP contribution in [0, 0.1) is 0 Å². The van der Waals surface area contributed by atoms with Crippen LogP contribution in [0.15, 0.2) is 71.3 Å². The third-order valence-electron chi connectivity index (χ3n) is 5.25. The van der Waals surface area contributed by atoms with Gasteiger partial charge in [-0.3, -0.25) is 4.79 Å². The molecule has 8 heteroatoms. The van der Waals surface area contributed by atoms with E-state index >= 15 is 0 Å². The number of halogens is 3. The van der Waals surface area contributed by atoms with Crippen LogP contribution in [-0.4, -0.2) is 11.1 Å². The number of rotatable bonds is 7. The number of fused-ring (bicyclic) bond motifs is 1. The Bertz CT molecular complexity index is 1310. The first-order chi connectivity index (χ1) is 15.8. The van der Waals surface area contributed by atoms with Crippen LogP contribution in [0.5, 0.6) is 5.75 Å². The fourth-order valence-corrected chi connectivity index (χ4v) is 3.77. The summed E-state index contributed by atoms with van der Waals surface area (Å²) < 4.78 is 51.6. The molecule has 0 aliphatic heterocycles. The summed E-state index contributed by atoms with van der Waals surface area (Å²) in [6, 6.07) is 16.5. The van der Waals surface area contributed by atoms with E-state index in [4.69, 9.17) is 20.0 Å². The summed E-state index contributed by atoms with van der Waals surface area (Å²) in [4.78, 5) is 11.2. The highest BCUT2D eigenvalue weighted by Crippen LogP contribution is 2.37. The van der Waals surface area contributed by atoms with Gasteiger partial charge >= 0.3 is 12.1 Å². The van der Waals surface area contributed by atoms with Crippen LogP contribution in [0.2, 0.25) is 0 Å². The number of benzene rings is 3. The summed E-state index contributed by atoms with van der Waals surface area (Å²) in [5.74, 6) is -1.50. The maximum atomic E-state index is 13.4. The minimum Gasteiger partial charge on any atom is -0.489 e. The second-order valence-corrected chi connectivity index (χ2v) is 7.53. The number of nitrogens with two attached hydrogens (primary N) is 1. The fraction of sp³-hybridized carbons (Fsp3) is 0.160. The van der Waals surface area contributed by atoms with Crippen LogP contribution in [0.4, 0.5) is 13.2 Å². The molecule has 0 amide bonds. The quantitative estimate of drug-likeness (QED) is 0.369. The molecule has 1 heterocycles. The highest BCUT2D eigenvalue weighted by molar-refractivity contribution is 5.93. The van der Waals surface area contributed by atoms with Crippen molar-refractivity contribution in [3.05, 3.63) is 89.2 Å². The smallest absolute Gasteiger partial charge is 0.416 e. The molecule has 0 saturated heterocycles. The molecule has 0 unspecified atom stereocenters. The molecule has 0 aliphatic rings. The van der Waals surface area contributed by atoms with Gasteiger partial charge in [0.1, 0.15) is 17.9 Å². The van der Waals surface area contributed by atoms with Gasteiger partial charge in [-0.15, -0.1) is 0 Å². The van der Waals surface area contributed by atoms with Gasteiger partial charge in [-0.05, 0) is 53.1 Å². The number of ether oxygens (including phenoxy) is 1. The maximum absolute atomic E-state index is 13.4. The van der Waals surface area contributed by atoms with E-state index < -0.39 is 29.7 Å². The topological polar surface area (TPSA) is 85.7 Å². The van der Waals surface area contributed by atoms with Gasteiger partial charge in [-0.25, -0.2) is 0 Å². The predicted molar refractivity (Wildman–Crippen MR) is 117 cm³/mol. The van der Waals surface area contributed by atoms with Crippen molar-refractivity contribution < 1.29 is 32.2 Å². The number of alkyl halides is 3. The summed E-state index contributed by atoms with van der Waals surface area (Å²) >= 11 is 0. The second-order valence-electron chi connectivity index (χ2n) is 7.53. The SMILES string of the molecule is NCc1cccc(-c2cc(COc3cccc(C(F)(F)F)c3CC(=O)O)cc3ccoc23)c1.